The van der Waals surface area contributed by atoms with E-state index in [4.69, 9.17) is 9.47 Å². The highest BCUT2D eigenvalue weighted by Gasteiger charge is 2.75. The molecule has 9 heteroatoms. The summed E-state index contributed by atoms with van der Waals surface area (Å²) in [5.41, 5.74) is -0.157. The van der Waals surface area contributed by atoms with E-state index in [-0.39, 0.29) is 25.0 Å². The largest absolute Gasteiger partial charge is 0.454 e. The molecule has 6 rings (SSSR count). The number of rotatable bonds is 3. The monoisotopic (exact) mass is 429 g/mol. The van der Waals surface area contributed by atoms with Crippen LogP contribution in [0.2, 0.25) is 0 Å². The molecule has 150 valence electrons. The zero-order valence-electron chi connectivity index (χ0n) is 16.0. The van der Waals surface area contributed by atoms with Crippen molar-refractivity contribution in [1.29, 1.82) is 5.26 Å². The number of ether oxygens (including phenoxy) is 2. The Morgan fingerprint density at radius 3 is 2.76 bits per heavy atom. The number of hydrogen-bond donors (Lipinski definition) is 0. The molecule has 2 amide bonds. The fraction of sp³-hybridized carbons (Fsp3) is 0.450. The molecule has 5 heterocycles. The molecule has 1 aromatic rings. The third-order valence-electron chi connectivity index (χ3n) is 6.19. The van der Waals surface area contributed by atoms with Crippen LogP contribution < -0.4 is 9.47 Å². The van der Waals surface area contributed by atoms with Gasteiger partial charge in [0.1, 0.15) is 0 Å². The minimum atomic E-state index is -1.10. The Morgan fingerprint density at radius 2 is 2.03 bits per heavy atom. The van der Waals surface area contributed by atoms with Gasteiger partial charge in [-0.15, -0.1) is 6.58 Å². The second-order valence-electron chi connectivity index (χ2n) is 8.03. The highest BCUT2D eigenvalue weighted by atomic mass is 33.1. The van der Waals surface area contributed by atoms with Crippen LogP contribution in [0.5, 0.6) is 11.5 Å². The fourth-order valence-corrected chi connectivity index (χ4v) is 8.34. The Balaban J connectivity index is 1.68. The van der Waals surface area contributed by atoms with Gasteiger partial charge in [0.25, 0.3) is 11.8 Å². The van der Waals surface area contributed by atoms with E-state index in [1.54, 1.807) is 28.9 Å². The van der Waals surface area contributed by atoms with E-state index in [0.29, 0.717) is 18.0 Å². The van der Waals surface area contributed by atoms with Crippen LogP contribution in [0, 0.1) is 16.7 Å². The standard InChI is InChI=1S/C20H19N3O4S2/c1-4-7-22-17(25)20-9-18(2,10-21)15(23(20)16(24)19(22,3)28-29-20)12-5-6-13-14(8-12)27-11-26-13/h4-6,8,15H,1,7,9,11H2,2-3H3. The molecule has 0 aromatic heterocycles. The third-order valence-corrected chi connectivity index (χ3v) is 9.83. The number of hydrogen-bond acceptors (Lipinski definition) is 7. The van der Waals surface area contributed by atoms with E-state index in [1.807, 2.05) is 19.1 Å². The summed E-state index contributed by atoms with van der Waals surface area (Å²) >= 11 is 0. The van der Waals surface area contributed by atoms with Gasteiger partial charge in [0, 0.05) is 13.0 Å². The first kappa shape index (κ1) is 18.7. The van der Waals surface area contributed by atoms with Gasteiger partial charge in [0.15, 0.2) is 21.2 Å². The lowest BCUT2D eigenvalue weighted by atomic mass is 9.79. The molecule has 4 unspecified atom stereocenters. The zero-order chi connectivity index (χ0) is 20.6. The molecule has 0 saturated carbocycles. The number of carbonyl (C=O) groups excluding carboxylic acids is 2. The van der Waals surface area contributed by atoms with Crippen molar-refractivity contribution in [2.75, 3.05) is 13.3 Å². The first-order valence-electron chi connectivity index (χ1n) is 9.25. The predicted octanol–water partition coefficient (Wildman–Crippen LogP) is 3.05. The van der Waals surface area contributed by atoms with Gasteiger partial charge in [-0.05, 0) is 31.5 Å². The second-order valence-corrected chi connectivity index (χ2v) is 10.8. The van der Waals surface area contributed by atoms with Gasteiger partial charge < -0.3 is 19.3 Å². The summed E-state index contributed by atoms with van der Waals surface area (Å²) in [7, 11) is 2.80. The average Bonchev–Trinajstić information content (AvgIpc) is 3.28. The lowest BCUT2D eigenvalue weighted by molar-refractivity contribution is -0.165. The predicted molar refractivity (Wildman–Crippen MR) is 109 cm³/mol. The maximum absolute atomic E-state index is 13.7. The maximum atomic E-state index is 13.7. The van der Waals surface area contributed by atoms with Crippen molar-refractivity contribution in [3.63, 3.8) is 0 Å². The highest BCUT2D eigenvalue weighted by molar-refractivity contribution is 8.78. The van der Waals surface area contributed by atoms with Crippen molar-refractivity contribution in [2.24, 2.45) is 5.41 Å². The molecule has 4 saturated heterocycles. The van der Waals surface area contributed by atoms with Crippen LogP contribution in [0.25, 0.3) is 0 Å². The number of amides is 2. The van der Waals surface area contributed by atoms with E-state index in [2.05, 4.69) is 12.6 Å². The summed E-state index contributed by atoms with van der Waals surface area (Å²) in [5, 5.41) is 10.1. The molecular formula is C20H19N3O4S2. The molecule has 7 nitrogen and oxygen atoms in total. The van der Waals surface area contributed by atoms with E-state index in [0.717, 1.165) is 5.56 Å². The lowest BCUT2D eigenvalue weighted by Gasteiger charge is -2.58. The molecule has 5 aliphatic heterocycles. The molecule has 2 bridgehead atoms. The normalized spacial score (nSPS) is 36.9. The Hall–Kier alpha value is -2.31. The molecule has 0 radical (unpaired) electrons. The van der Waals surface area contributed by atoms with Crippen LogP contribution in [0.3, 0.4) is 0 Å². The van der Waals surface area contributed by atoms with E-state index >= 15 is 0 Å². The van der Waals surface area contributed by atoms with Crippen LogP contribution >= 0.6 is 21.6 Å². The van der Waals surface area contributed by atoms with Crippen LogP contribution in [0.15, 0.2) is 30.9 Å². The maximum Gasteiger partial charge on any atom is 0.261 e. The van der Waals surface area contributed by atoms with Crippen molar-refractivity contribution >= 4 is 33.4 Å². The van der Waals surface area contributed by atoms with Crippen molar-refractivity contribution in [3.8, 4) is 17.6 Å². The summed E-state index contributed by atoms with van der Waals surface area (Å²) in [6.45, 7) is 7.78. The number of nitriles is 1. The van der Waals surface area contributed by atoms with Gasteiger partial charge in [-0.25, -0.2) is 0 Å². The summed E-state index contributed by atoms with van der Waals surface area (Å²) in [5.74, 6) is 0.945. The van der Waals surface area contributed by atoms with Gasteiger partial charge in [-0.3, -0.25) is 9.59 Å². The van der Waals surface area contributed by atoms with Crippen LogP contribution in [0.4, 0.5) is 0 Å². The zero-order valence-corrected chi connectivity index (χ0v) is 17.6. The Morgan fingerprint density at radius 1 is 1.28 bits per heavy atom. The summed E-state index contributed by atoms with van der Waals surface area (Å²) in [6.07, 6.45) is 1.90. The average molecular weight is 430 g/mol. The minimum absolute atomic E-state index is 0.132. The molecule has 4 atom stereocenters. The van der Waals surface area contributed by atoms with Crippen LogP contribution in [0.1, 0.15) is 31.9 Å². The van der Waals surface area contributed by atoms with Gasteiger partial charge >= 0.3 is 0 Å². The molecular weight excluding hydrogens is 410 g/mol. The molecule has 29 heavy (non-hydrogen) atoms. The SMILES string of the molecule is C=CCN1C(=O)C23CC(C)(C#N)C(c4ccc5c(c4)OCO5)N2C(=O)C1(C)SS3. The molecule has 1 spiro atoms. The lowest BCUT2D eigenvalue weighted by Crippen LogP contribution is -2.74. The Kier molecular flexibility index (Phi) is 3.78. The minimum Gasteiger partial charge on any atom is -0.454 e. The molecule has 1 aromatic carbocycles. The molecule has 0 N–H and O–H groups in total. The molecule has 5 aliphatic rings. The fourth-order valence-electron chi connectivity index (χ4n) is 4.80. The van der Waals surface area contributed by atoms with E-state index in [9.17, 15) is 14.9 Å². The molecule has 4 fully saturated rings. The quantitative estimate of drug-likeness (QED) is 0.539. The van der Waals surface area contributed by atoms with Crippen molar-refractivity contribution in [3.05, 3.63) is 36.4 Å². The van der Waals surface area contributed by atoms with E-state index < -0.39 is 21.2 Å². The van der Waals surface area contributed by atoms with Gasteiger partial charge in [0.05, 0.1) is 17.5 Å². The van der Waals surface area contributed by atoms with E-state index in [1.165, 1.54) is 21.6 Å². The molecule has 0 aliphatic carbocycles. The first-order valence-corrected chi connectivity index (χ1v) is 11.4. The third kappa shape index (κ3) is 2.16. The number of fused-ring (bicyclic) bond motifs is 3. The van der Waals surface area contributed by atoms with Crippen LogP contribution in [-0.2, 0) is 9.59 Å². The summed E-state index contributed by atoms with van der Waals surface area (Å²) in [4.78, 5) is 28.5. The van der Waals surface area contributed by atoms with Gasteiger partial charge in [-0.2, -0.15) is 5.26 Å². The van der Waals surface area contributed by atoms with Crippen molar-refractivity contribution in [2.45, 2.75) is 36.1 Å². The smallest absolute Gasteiger partial charge is 0.261 e. The second kappa shape index (κ2) is 5.86. The topological polar surface area (TPSA) is 82.9 Å². The Bertz CT molecular complexity index is 1010. The van der Waals surface area contributed by atoms with Crippen LogP contribution in [-0.4, -0.2) is 44.7 Å². The Labute approximate surface area is 176 Å². The van der Waals surface area contributed by atoms with Crippen molar-refractivity contribution in [1.82, 2.24) is 9.80 Å². The first-order chi connectivity index (χ1) is 13.8. The van der Waals surface area contributed by atoms with Gasteiger partial charge in [-0.1, -0.05) is 33.7 Å². The number of piperazine rings is 1. The number of benzene rings is 1. The van der Waals surface area contributed by atoms with Gasteiger partial charge in [0.2, 0.25) is 6.79 Å². The number of carbonyl (C=O) groups is 2. The summed E-state index contributed by atoms with van der Waals surface area (Å²) in [6, 6.07) is 7.33. The van der Waals surface area contributed by atoms with Crippen molar-refractivity contribution < 1.29 is 19.1 Å². The number of nitrogens with zero attached hydrogens (tertiary/aromatic N) is 3. The summed E-state index contributed by atoms with van der Waals surface area (Å²) < 4.78 is 10.9. The highest BCUT2D eigenvalue weighted by Crippen LogP contribution is 2.69.